The highest BCUT2D eigenvalue weighted by molar-refractivity contribution is 6.69. The zero-order valence-electron chi connectivity index (χ0n) is 8.86. The maximum absolute atomic E-state index is 12.9. The van der Waals surface area contributed by atoms with Gasteiger partial charge in [0.2, 0.25) is 0 Å². The van der Waals surface area contributed by atoms with Crippen LogP contribution in [0.3, 0.4) is 0 Å². The molecule has 2 rings (SSSR count). The van der Waals surface area contributed by atoms with Gasteiger partial charge in [-0.1, -0.05) is 23.7 Å². The predicted octanol–water partition coefficient (Wildman–Crippen LogP) is 2.93. The molecule has 0 radical (unpaired) electrons. The molecule has 1 aromatic rings. The molecular formula is C12H10ClFN2O. The third kappa shape index (κ3) is 2.85. The lowest BCUT2D eigenvalue weighted by molar-refractivity contribution is 0.412. The topological polar surface area (TPSA) is 47.6 Å². The van der Waals surface area contributed by atoms with E-state index in [-0.39, 0.29) is 11.7 Å². The summed E-state index contributed by atoms with van der Waals surface area (Å²) in [5.74, 6) is 0.0753. The number of halogens is 2. The Bertz CT molecular complexity index is 523. The lowest BCUT2D eigenvalue weighted by Gasteiger charge is -2.12. The van der Waals surface area contributed by atoms with Crippen molar-refractivity contribution in [3.8, 4) is 5.75 Å². The van der Waals surface area contributed by atoms with Gasteiger partial charge in [0.05, 0.1) is 5.57 Å². The van der Waals surface area contributed by atoms with Gasteiger partial charge in [0.15, 0.2) is 5.88 Å². The molecular weight excluding hydrogens is 243 g/mol. The van der Waals surface area contributed by atoms with Gasteiger partial charge in [0, 0.05) is 18.7 Å². The van der Waals surface area contributed by atoms with Crippen LogP contribution in [-0.4, -0.2) is 5.17 Å². The summed E-state index contributed by atoms with van der Waals surface area (Å²) in [5, 5.41) is 0.293. The molecule has 3 nitrogen and oxygen atoms in total. The summed E-state index contributed by atoms with van der Waals surface area (Å²) in [5.41, 5.74) is 6.35. The Balaban J connectivity index is 2.22. The van der Waals surface area contributed by atoms with Crippen molar-refractivity contribution < 1.29 is 9.13 Å². The molecule has 1 aromatic carbocycles. The first kappa shape index (κ1) is 11.7. The van der Waals surface area contributed by atoms with Gasteiger partial charge in [0.25, 0.3) is 0 Å². The van der Waals surface area contributed by atoms with Gasteiger partial charge in [-0.05, 0) is 12.1 Å². The number of allylic oxidation sites excluding steroid dienone is 2. The molecule has 0 fully saturated rings. The SMILES string of the molecule is N/C(Oc1cccc(F)c1)=C1\CC=CN=C1Cl. The molecule has 0 amide bonds. The first-order chi connectivity index (χ1) is 8.16. The van der Waals surface area contributed by atoms with Crippen molar-refractivity contribution in [1.82, 2.24) is 0 Å². The van der Waals surface area contributed by atoms with E-state index in [9.17, 15) is 4.39 Å². The number of benzene rings is 1. The Labute approximate surface area is 103 Å². The van der Waals surface area contributed by atoms with Gasteiger partial charge in [-0.25, -0.2) is 9.38 Å². The van der Waals surface area contributed by atoms with Crippen molar-refractivity contribution in [1.29, 1.82) is 0 Å². The van der Waals surface area contributed by atoms with Crippen molar-refractivity contribution >= 4 is 16.8 Å². The average molecular weight is 253 g/mol. The summed E-state index contributed by atoms with van der Waals surface area (Å²) in [6.07, 6.45) is 3.95. The van der Waals surface area contributed by atoms with E-state index in [0.29, 0.717) is 22.9 Å². The molecule has 0 bridgehead atoms. The molecule has 0 unspecified atom stereocenters. The van der Waals surface area contributed by atoms with Gasteiger partial charge in [-0.3, -0.25) is 0 Å². The van der Waals surface area contributed by atoms with Gasteiger partial charge in [0.1, 0.15) is 16.7 Å². The second-order valence-electron chi connectivity index (χ2n) is 3.41. The third-order valence-corrected chi connectivity index (χ3v) is 2.51. The zero-order chi connectivity index (χ0) is 12.3. The van der Waals surface area contributed by atoms with Crippen LogP contribution in [-0.2, 0) is 0 Å². The van der Waals surface area contributed by atoms with Gasteiger partial charge >= 0.3 is 0 Å². The lowest BCUT2D eigenvalue weighted by atomic mass is 10.2. The Morgan fingerprint density at radius 3 is 3.00 bits per heavy atom. The fraction of sp³-hybridized carbons (Fsp3) is 0.0833. The van der Waals surface area contributed by atoms with Crippen LogP contribution in [0.5, 0.6) is 5.75 Å². The molecule has 0 saturated carbocycles. The maximum Gasteiger partial charge on any atom is 0.197 e. The summed E-state index contributed by atoms with van der Waals surface area (Å²) in [4.78, 5) is 3.90. The summed E-state index contributed by atoms with van der Waals surface area (Å²) >= 11 is 5.88. The third-order valence-electron chi connectivity index (χ3n) is 2.19. The van der Waals surface area contributed by atoms with Gasteiger partial charge < -0.3 is 10.5 Å². The van der Waals surface area contributed by atoms with E-state index in [2.05, 4.69) is 4.99 Å². The Hall–Kier alpha value is -1.81. The minimum Gasteiger partial charge on any atom is -0.441 e. The van der Waals surface area contributed by atoms with Crippen LogP contribution in [0.25, 0.3) is 0 Å². The molecule has 0 atom stereocenters. The first-order valence-electron chi connectivity index (χ1n) is 4.97. The molecule has 88 valence electrons. The van der Waals surface area contributed by atoms with E-state index in [1.165, 1.54) is 12.1 Å². The lowest BCUT2D eigenvalue weighted by Crippen LogP contribution is -2.14. The Kier molecular flexibility index (Phi) is 3.44. The Morgan fingerprint density at radius 2 is 2.29 bits per heavy atom. The fourth-order valence-corrected chi connectivity index (χ4v) is 1.60. The minimum absolute atomic E-state index is 0.133. The highest BCUT2D eigenvalue weighted by atomic mass is 35.5. The van der Waals surface area contributed by atoms with E-state index >= 15 is 0 Å². The summed E-state index contributed by atoms with van der Waals surface area (Å²) in [6, 6.07) is 5.73. The fourth-order valence-electron chi connectivity index (χ4n) is 1.37. The number of hydrogen-bond donors (Lipinski definition) is 1. The van der Waals surface area contributed by atoms with Crippen LogP contribution in [0.15, 0.2) is 53.0 Å². The molecule has 5 heteroatoms. The minimum atomic E-state index is -0.386. The quantitative estimate of drug-likeness (QED) is 0.823. The molecule has 0 aliphatic carbocycles. The van der Waals surface area contributed by atoms with Crippen molar-refractivity contribution in [2.45, 2.75) is 6.42 Å². The predicted molar refractivity (Wildman–Crippen MR) is 65.3 cm³/mol. The highest BCUT2D eigenvalue weighted by Crippen LogP contribution is 2.20. The number of aliphatic imine (C=N–C) groups is 1. The smallest absolute Gasteiger partial charge is 0.197 e. The maximum atomic E-state index is 12.9. The van der Waals surface area contributed by atoms with Crippen LogP contribution < -0.4 is 10.5 Å². The van der Waals surface area contributed by atoms with E-state index in [0.717, 1.165) is 0 Å². The number of rotatable bonds is 2. The van der Waals surface area contributed by atoms with Gasteiger partial charge in [-0.2, -0.15) is 0 Å². The molecule has 17 heavy (non-hydrogen) atoms. The molecule has 0 saturated heterocycles. The number of hydrogen-bond acceptors (Lipinski definition) is 3. The number of ether oxygens (including phenoxy) is 1. The van der Waals surface area contributed by atoms with Crippen molar-refractivity contribution in [2.75, 3.05) is 0 Å². The van der Waals surface area contributed by atoms with Crippen LogP contribution in [0.2, 0.25) is 0 Å². The van der Waals surface area contributed by atoms with E-state index in [1.807, 2.05) is 6.08 Å². The number of nitrogens with zero attached hydrogens (tertiary/aromatic N) is 1. The zero-order valence-corrected chi connectivity index (χ0v) is 9.62. The second kappa shape index (κ2) is 5.01. The largest absolute Gasteiger partial charge is 0.441 e. The first-order valence-corrected chi connectivity index (χ1v) is 5.35. The van der Waals surface area contributed by atoms with Crippen molar-refractivity contribution in [3.05, 3.63) is 53.8 Å². The van der Waals surface area contributed by atoms with E-state index in [1.54, 1.807) is 18.3 Å². The van der Waals surface area contributed by atoms with Crippen LogP contribution in [0, 0.1) is 5.82 Å². The Morgan fingerprint density at radius 1 is 1.47 bits per heavy atom. The van der Waals surface area contributed by atoms with Crippen LogP contribution >= 0.6 is 11.6 Å². The van der Waals surface area contributed by atoms with Crippen molar-refractivity contribution in [3.63, 3.8) is 0 Å². The summed E-state index contributed by atoms with van der Waals surface area (Å²) in [6.45, 7) is 0. The molecule has 1 aliphatic heterocycles. The van der Waals surface area contributed by atoms with Crippen LogP contribution in [0.1, 0.15) is 6.42 Å². The molecule has 1 heterocycles. The average Bonchev–Trinajstić information content (AvgIpc) is 2.29. The van der Waals surface area contributed by atoms with Crippen molar-refractivity contribution in [2.24, 2.45) is 10.7 Å². The monoisotopic (exact) mass is 252 g/mol. The molecule has 0 aromatic heterocycles. The normalized spacial score (nSPS) is 17.6. The van der Waals surface area contributed by atoms with Crippen LogP contribution in [0.4, 0.5) is 4.39 Å². The van der Waals surface area contributed by atoms with E-state index < -0.39 is 0 Å². The molecule has 2 N–H and O–H groups in total. The standard InChI is InChI=1S/C12H10ClFN2O/c13-11-10(5-2-6-16-11)12(15)17-9-4-1-3-8(14)7-9/h1-4,6-7H,5,15H2/b12-10-. The summed E-state index contributed by atoms with van der Waals surface area (Å²) < 4.78 is 18.3. The molecule has 1 aliphatic rings. The second-order valence-corrected chi connectivity index (χ2v) is 3.77. The van der Waals surface area contributed by atoms with E-state index in [4.69, 9.17) is 22.1 Å². The molecule has 0 spiro atoms. The highest BCUT2D eigenvalue weighted by Gasteiger charge is 2.12. The van der Waals surface area contributed by atoms with Gasteiger partial charge in [-0.15, -0.1) is 0 Å². The summed E-state index contributed by atoms with van der Waals surface area (Å²) in [7, 11) is 0. The number of nitrogens with two attached hydrogens (primary N) is 1.